The van der Waals surface area contributed by atoms with Crippen molar-refractivity contribution in [1.82, 2.24) is 0 Å². The molecule has 0 heterocycles. The van der Waals surface area contributed by atoms with E-state index in [1.54, 1.807) is 56.9 Å². The van der Waals surface area contributed by atoms with Crippen molar-refractivity contribution in [3.8, 4) is 0 Å². The average molecular weight is 476 g/mol. The highest BCUT2D eigenvalue weighted by Gasteiger charge is 2.33. The third-order valence-electron chi connectivity index (χ3n) is 3.18. The number of benzene rings is 1. The highest BCUT2D eigenvalue weighted by atomic mass is 31.2. The lowest BCUT2D eigenvalue weighted by molar-refractivity contribution is 0.322. The van der Waals surface area contributed by atoms with Gasteiger partial charge >= 0.3 is 0 Å². The summed E-state index contributed by atoms with van der Waals surface area (Å²) < 4.78 is 47.4. The fourth-order valence-corrected chi connectivity index (χ4v) is 7.96. The minimum absolute atomic E-state index is 0.812. The molecular weight excluding hydrogens is 448 g/mol. The maximum absolute atomic E-state index is 5.47. The monoisotopic (exact) mass is 476 g/mol. The summed E-state index contributed by atoms with van der Waals surface area (Å²) in [4.78, 5) is 0. The van der Waals surface area contributed by atoms with Crippen LogP contribution in [0.5, 0.6) is 0 Å². The lowest BCUT2D eigenvalue weighted by Gasteiger charge is -2.34. The average Bonchev–Trinajstić information content (AvgIpc) is 2.74. The SMILES string of the molecule is COP(OC)N(c1ccc(N(P(OC)OC)P(OC)OC)cc1)P(OC)OC. The molecule has 0 fully saturated rings. The molecule has 0 atom stereocenters. The second-order valence-corrected chi connectivity index (χ2v) is 11.6. The molecule has 0 aliphatic rings. The molecule has 0 unspecified atom stereocenters. The molecule has 162 valence electrons. The fraction of sp³-hybridized carbons (Fsp3) is 0.571. The summed E-state index contributed by atoms with van der Waals surface area (Å²) in [6, 6.07) is 7.61. The Morgan fingerprint density at radius 1 is 0.429 bits per heavy atom. The van der Waals surface area contributed by atoms with Crippen molar-refractivity contribution in [2.24, 2.45) is 0 Å². The molecule has 14 heteroatoms. The van der Waals surface area contributed by atoms with Crippen molar-refractivity contribution in [3.05, 3.63) is 24.3 Å². The first kappa shape index (κ1) is 26.3. The predicted octanol–water partition coefficient (Wildman–Crippen LogP) is 5.38. The van der Waals surface area contributed by atoms with E-state index >= 15 is 0 Å². The van der Waals surface area contributed by atoms with Crippen LogP contribution < -0.4 is 8.88 Å². The Labute approximate surface area is 172 Å². The quantitative estimate of drug-likeness (QED) is 0.327. The van der Waals surface area contributed by atoms with Crippen molar-refractivity contribution >= 4 is 45.5 Å². The van der Waals surface area contributed by atoms with Gasteiger partial charge in [0, 0.05) is 56.9 Å². The molecule has 1 rings (SSSR count). The molecule has 0 aromatic heterocycles. The van der Waals surface area contributed by atoms with Gasteiger partial charge in [0.1, 0.15) is 0 Å². The molecule has 0 aliphatic heterocycles. The molecule has 0 amide bonds. The first-order valence-electron chi connectivity index (χ1n) is 7.80. The molecular formula is C14H28N2O8P4. The van der Waals surface area contributed by atoms with E-state index < -0.39 is 34.1 Å². The van der Waals surface area contributed by atoms with E-state index in [0.717, 1.165) is 11.4 Å². The zero-order valence-electron chi connectivity index (χ0n) is 17.3. The molecule has 0 N–H and O–H groups in total. The van der Waals surface area contributed by atoms with Gasteiger partial charge in [-0.1, -0.05) is 0 Å². The number of rotatable bonds is 14. The van der Waals surface area contributed by atoms with Crippen molar-refractivity contribution in [2.45, 2.75) is 0 Å². The van der Waals surface area contributed by atoms with Gasteiger partial charge in [-0.2, -0.15) is 0 Å². The van der Waals surface area contributed by atoms with Crippen LogP contribution in [-0.4, -0.2) is 56.9 Å². The molecule has 0 saturated carbocycles. The van der Waals surface area contributed by atoms with Crippen molar-refractivity contribution in [1.29, 1.82) is 0 Å². The van der Waals surface area contributed by atoms with E-state index in [4.69, 9.17) is 36.2 Å². The summed E-state index contributed by atoms with van der Waals surface area (Å²) in [5.74, 6) is 0. The second kappa shape index (κ2) is 14.3. The first-order valence-corrected chi connectivity index (χ1v) is 12.3. The molecule has 28 heavy (non-hydrogen) atoms. The van der Waals surface area contributed by atoms with E-state index in [9.17, 15) is 0 Å². The van der Waals surface area contributed by atoms with Crippen LogP contribution in [0.4, 0.5) is 11.4 Å². The van der Waals surface area contributed by atoms with Crippen LogP contribution in [0.25, 0.3) is 0 Å². The van der Waals surface area contributed by atoms with E-state index in [2.05, 4.69) is 0 Å². The molecule has 10 nitrogen and oxygen atoms in total. The van der Waals surface area contributed by atoms with E-state index in [-0.39, 0.29) is 0 Å². The maximum atomic E-state index is 5.47. The maximum Gasteiger partial charge on any atom is 0.296 e. The number of hydrogen-bond donors (Lipinski definition) is 0. The Morgan fingerprint density at radius 2 is 0.607 bits per heavy atom. The standard InChI is InChI=1S/C14H28N2O8P4/c1-17-25(18-2)15(26(19-3)20-4)13-9-11-14(12-10-13)16(27(21-5)22-6)28(23-7)24-8/h9-12H,1-8H3. The van der Waals surface area contributed by atoms with Gasteiger partial charge in [-0.15, -0.1) is 0 Å². The Balaban J connectivity index is 3.29. The lowest BCUT2D eigenvalue weighted by atomic mass is 10.3. The molecule has 1 aromatic carbocycles. The van der Waals surface area contributed by atoms with Gasteiger partial charge in [-0.05, 0) is 24.3 Å². The largest absolute Gasteiger partial charge is 0.321 e. The second-order valence-electron chi connectivity index (χ2n) is 4.51. The van der Waals surface area contributed by atoms with Gasteiger partial charge in [0.25, 0.3) is 34.1 Å². The van der Waals surface area contributed by atoms with E-state index in [0.29, 0.717) is 0 Å². The van der Waals surface area contributed by atoms with Gasteiger partial charge in [-0.3, -0.25) is 0 Å². The van der Waals surface area contributed by atoms with Crippen molar-refractivity contribution in [2.75, 3.05) is 65.8 Å². The van der Waals surface area contributed by atoms with Crippen LogP contribution in [0.1, 0.15) is 0 Å². The minimum atomic E-state index is -1.40. The van der Waals surface area contributed by atoms with E-state index in [1.807, 2.05) is 33.1 Å². The third-order valence-corrected chi connectivity index (χ3v) is 9.59. The molecule has 0 aliphatic carbocycles. The van der Waals surface area contributed by atoms with Gasteiger partial charge in [-0.25, -0.2) is 8.88 Å². The molecule has 0 radical (unpaired) electrons. The molecule has 0 bridgehead atoms. The van der Waals surface area contributed by atoms with Crippen LogP contribution in [0.3, 0.4) is 0 Å². The van der Waals surface area contributed by atoms with Crippen LogP contribution in [0, 0.1) is 0 Å². The number of hydrogen-bond acceptors (Lipinski definition) is 10. The van der Waals surface area contributed by atoms with Crippen LogP contribution in [0.15, 0.2) is 24.3 Å². The zero-order valence-corrected chi connectivity index (χ0v) is 20.8. The van der Waals surface area contributed by atoms with Gasteiger partial charge in [0.15, 0.2) is 0 Å². The topological polar surface area (TPSA) is 80.3 Å². The summed E-state index contributed by atoms with van der Waals surface area (Å²) in [5.41, 5.74) is 1.62. The normalized spacial score (nSPS) is 11.9. The Kier molecular flexibility index (Phi) is 13.4. The van der Waals surface area contributed by atoms with Crippen LogP contribution >= 0.6 is 34.1 Å². The first-order chi connectivity index (χ1) is 13.6. The summed E-state index contributed by atoms with van der Waals surface area (Å²) in [5, 5.41) is 0. The molecule has 1 aromatic rings. The highest BCUT2D eigenvalue weighted by Crippen LogP contribution is 2.62. The van der Waals surface area contributed by atoms with Gasteiger partial charge in [0.2, 0.25) is 0 Å². The van der Waals surface area contributed by atoms with Crippen LogP contribution in [0.2, 0.25) is 0 Å². The summed E-state index contributed by atoms with van der Waals surface area (Å²) in [7, 11) is 7.00. The van der Waals surface area contributed by atoms with Crippen molar-refractivity contribution < 1.29 is 36.2 Å². The Bertz CT molecular complexity index is 460. The fourth-order valence-electron chi connectivity index (χ4n) is 2.13. The Hall–Kier alpha value is 0.220. The zero-order chi connectivity index (χ0) is 21.1. The number of anilines is 2. The van der Waals surface area contributed by atoms with Gasteiger partial charge in [0.05, 0.1) is 11.4 Å². The Morgan fingerprint density at radius 3 is 0.750 bits per heavy atom. The summed E-state index contributed by atoms with van der Waals surface area (Å²) >= 11 is 0. The van der Waals surface area contributed by atoms with E-state index in [1.165, 1.54) is 0 Å². The minimum Gasteiger partial charge on any atom is -0.321 e. The highest BCUT2D eigenvalue weighted by molar-refractivity contribution is 7.68. The van der Waals surface area contributed by atoms with Crippen molar-refractivity contribution in [3.63, 3.8) is 0 Å². The van der Waals surface area contributed by atoms with Gasteiger partial charge < -0.3 is 36.2 Å². The lowest BCUT2D eigenvalue weighted by Crippen LogP contribution is -2.16. The third kappa shape index (κ3) is 6.61. The molecule has 0 saturated heterocycles. The van der Waals surface area contributed by atoms with Crippen LogP contribution in [-0.2, 0) is 36.2 Å². The summed E-state index contributed by atoms with van der Waals surface area (Å²) in [6.07, 6.45) is 0. The summed E-state index contributed by atoms with van der Waals surface area (Å²) in [6.45, 7) is 0. The number of nitrogens with zero attached hydrogens (tertiary/aromatic N) is 2. The smallest absolute Gasteiger partial charge is 0.296 e. The molecule has 0 spiro atoms. The predicted molar refractivity (Wildman–Crippen MR) is 115 cm³/mol.